The summed E-state index contributed by atoms with van der Waals surface area (Å²) in [5.41, 5.74) is -2.54. The SMILES string of the molecule is COC(=O)CC(C1=C(O)[C@@]2(Oc3c(Cl)c(OC)cc(OC)c3C2=O)[C@H](C)CC1=O)c1cc2cc(OC)ccc2[nH]c1=O. The number of aromatic amines is 1. The number of nitrogens with one attached hydrogen (secondary N) is 1. The summed E-state index contributed by atoms with van der Waals surface area (Å²) in [4.78, 5) is 56.5. The van der Waals surface area contributed by atoms with Gasteiger partial charge >= 0.3 is 5.97 Å². The molecule has 3 aromatic rings. The van der Waals surface area contributed by atoms with E-state index in [1.165, 1.54) is 33.5 Å². The van der Waals surface area contributed by atoms with Gasteiger partial charge in [0.25, 0.3) is 5.56 Å². The summed E-state index contributed by atoms with van der Waals surface area (Å²) < 4.78 is 27.1. The molecule has 0 bridgehead atoms. The highest BCUT2D eigenvalue weighted by Gasteiger charge is 2.61. The van der Waals surface area contributed by atoms with E-state index in [1.54, 1.807) is 25.1 Å². The van der Waals surface area contributed by atoms with Crippen molar-refractivity contribution in [1.29, 1.82) is 0 Å². The highest BCUT2D eigenvalue weighted by Crippen LogP contribution is 2.55. The van der Waals surface area contributed by atoms with Crippen molar-refractivity contribution in [2.24, 2.45) is 5.92 Å². The molecular formula is C30H28ClNO10. The summed E-state index contributed by atoms with van der Waals surface area (Å²) in [6, 6.07) is 7.93. The molecule has 0 fully saturated rings. The van der Waals surface area contributed by atoms with E-state index in [-0.39, 0.29) is 45.4 Å². The number of Topliss-reactive ketones (excluding diaryl/α,β-unsaturated/α-hetero) is 2. The number of halogens is 1. The van der Waals surface area contributed by atoms with Crippen molar-refractivity contribution >= 4 is 40.0 Å². The third kappa shape index (κ3) is 4.27. The number of hydrogen-bond acceptors (Lipinski definition) is 10. The zero-order valence-corrected chi connectivity index (χ0v) is 24.2. The molecule has 2 aliphatic rings. The van der Waals surface area contributed by atoms with Crippen molar-refractivity contribution in [3.63, 3.8) is 0 Å². The lowest BCUT2D eigenvalue weighted by Crippen LogP contribution is -2.53. The minimum atomic E-state index is -2.09. The average Bonchev–Trinajstić information content (AvgIpc) is 3.29. The predicted molar refractivity (Wildman–Crippen MR) is 151 cm³/mol. The molecule has 220 valence electrons. The van der Waals surface area contributed by atoms with Gasteiger partial charge in [0.15, 0.2) is 17.3 Å². The van der Waals surface area contributed by atoms with E-state index in [0.717, 1.165) is 7.11 Å². The molecule has 12 heteroatoms. The van der Waals surface area contributed by atoms with Crippen molar-refractivity contribution in [2.45, 2.75) is 31.3 Å². The van der Waals surface area contributed by atoms with Crippen molar-refractivity contribution in [1.82, 2.24) is 4.98 Å². The van der Waals surface area contributed by atoms with Crippen molar-refractivity contribution in [3.8, 4) is 23.0 Å². The molecule has 1 aliphatic heterocycles. The number of methoxy groups -OCH3 is 4. The molecule has 11 nitrogen and oxygen atoms in total. The van der Waals surface area contributed by atoms with Gasteiger partial charge in [-0.15, -0.1) is 0 Å². The van der Waals surface area contributed by atoms with Crippen molar-refractivity contribution < 1.29 is 43.2 Å². The number of hydrogen-bond donors (Lipinski definition) is 2. The first-order valence-corrected chi connectivity index (χ1v) is 13.3. The molecule has 2 N–H and O–H groups in total. The molecular weight excluding hydrogens is 570 g/mol. The van der Waals surface area contributed by atoms with Crippen LogP contribution in [0.3, 0.4) is 0 Å². The van der Waals surface area contributed by atoms with E-state index in [0.29, 0.717) is 16.7 Å². The van der Waals surface area contributed by atoms with Crippen LogP contribution in [0.2, 0.25) is 5.02 Å². The molecule has 0 saturated carbocycles. The molecule has 1 unspecified atom stereocenters. The summed E-state index contributed by atoms with van der Waals surface area (Å²) in [6.07, 6.45) is -0.725. The zero-order chi connectivity index (χ0) is 30.5. The lowest BCUT2D eigenvalue weighted by molar-refractivity contribution is -0.140. The number of pyridine rings is 1. The molecule has 0 amide bonds. The van der Waals surface area contributed by atoms with Crippen LogP contribution in [0.4, 0.5) is 0 Å². The minimum Gasteiger partial charge on any atom is -0.507 e. The van der Waals surface area contributed by atoms with Crippen LogP contribution < -0.4 is 24.5 Å². The first-order chi connectivity index (χ1) is 20.0. The molecule has 1 spiro atoms. The fourth-order valence-electron chi connectivity index (χ4n) is 5.74. The van der Waals surface area contributed by atoms with Gasteiger partial charge in [0.05, 0.1) is 34.9 Å². The number of aliphatic hydroxyl groups excluding tert-OH is 1. The predicted octanol–water partition coefficient (Wildman–Crippen LogP) is 4.29. The number of fused-ring (bicyclic) bond motifs is 2. The van der Waals surface area contributed by atoms with Crippen LogP contribution in [0, 0.1) is 5.92 Å². The van der Waals surface area contributed by atoms with E-state index in [1.807, 2.05) is 0 Å². The quantitative estimate of drug-likeness (QED) is 0.377. The minimum absolute atomic E-state index is 0.000924. The van der Waals surface area contributed by atoms with Crippen LogP contribution in [0.5, 0.6) is 23.0 Å². The summed E-state index contributed by atoms with van der Waals surface area (Å²) in [7, 11) is 5.39. The van der Waals surface area contributed by atoms with Gasteiger partial charge in [-0.3, -0.25) is 19.2 Å². The molecule has 5 rings (SSSR count). The second-order valence-corrected chi connectivity index (χ2v) is 10.5. The first-order valence-electron chi connectivity index (χ1n) is 12.9. The fourth-order valence-corrected chi connectivity index (χ4v) is 6.01. The van der Waals surface area contributed by atoms with Crippen LogP contribution in [-0.4, -0.2) is 61.7 Å². The Balaban J connectivity index is 1.76. The van der Waals surface area contributed by atoms with Crippen LogP contribution in [-0.2, 0) is 14.3 Å². The van der Waals surface area contributed by atoms with Crippen LogP contribution in [0.25, 0.3) is 10.9 Å². The summed E-state index contributed by atoms with van der Waals surface area (Å²) >= 11 is 6.52. The van der Waals surface area contributed by atoms with Crippen molar-refractivity contribution in [3.05, 3.63) is 68.2 Å². The van der Waals surface area contributed by atoms with E-state index in [2.05, 4.69) is 4.98 Å². The number of ether oxygens (including phenoxy) is 5. The number of carbonyl (C=O) groups is 3. The third-order valence-corrected chi connectivity index (χ3v) is 8.27. The molecule has 2 aromatic carbocycles. The van der Waals surface area contributed by atoms with Crippen molar-refractivity contribution in [2.75, 3.05) is 28.4 Å². The van der Waals surface area contributed by atoms with E-state index < -0.39 is 52.7 Å². The molecule has 1 aromatic heterocycles. The molecule has 0 saturated heterocycles. The highest BCUT2D eigenvalue weighted by molar-refractivity contribution is 6.35. The average molecular weight is 598 g/mol. The summed E-state index contributed by atoms with van der Waals surface area (Å²) in [6.45, 7) is 1.58. The van der Waals surface area contributed by atoms with Gasteiger partial charge in [-0.25, -0.2) is 0 Å². The summed E-state index contributed by atoms with van der Waals surface area (Å²) in [5.74, 6) is -4.18. The van der Waals surface area contributed by atoms with Gasteiger partial charge in [0, 0.05) is 46.4 Å². The fraction of sp³-hybridized carbons (Fsp3) is 0.333. The zero-order valence-electron chi connectivity index (χ0n) is 23.5. The van der Waals surface area contributed by atoms with E-state index in [4.69, 9.17) is 35.3 Å². The summed E-state index contributed by atoms with van der Waals surface area (Å²) in [5, 5.41) is 12.4. The molecule has 3 atom stereocenters. The van der Waals surface area contributed by atoms with Gasteiger partial charge in [-0.1, -0.05) is 18.5 Å². The van der Waals surface area contributed by atoms with Gasteiger partial charge in [0.2, 0.25) is 11.4 Å². The van der Waals surface area contributed by atoms with Gasteiger partial charge < -0.3 is 33.8 Å². The Kier molecular flexibility index (Phi) is 7.40. The molecule has 2 heterocycles. The molecule has 1 aliphatic carbocycles. The van der Waals surface area contributed by atoms with E-state index >= 15 is 0 Å². The van der Waals surface area contributed by atoms with Gasteiger partial charge in [-0.2, -0.15) is 0 Å². The molecule has 42 heavy (non-hydrogen) atoms. The number of aliphatic hydroxyl groups is 1. The number of esters is 1. The lowest BCUT2D eigenvalue weighted by atomic mass is 9.69. The number of benzene rings is 2. The topological polar surface area (TPSA) is 150 Å². The number of allylic oxidation sites excluding steroid dienone is 1. The number of ketones is 2. The number of aromatic nitrogens is 1. The Morgan fingerprint density at radius 1 is 1.10 bits per heavy atom. The Labute approximate surface area is 244 Å². The van der Waals surface area contributed by atoms with Crippen LogP contribution >= 0.6 is 11.6 Å². The smallest absolute Gasteiger partial charge is 0.306 e. The maximum atomic E-state index is 14.1. The maximum absolute atomic E-state index is 14.1. The Morgan fingerprint density at radius 3 is 2.45 bits per heavy atom. The van der Waals surface area contributed by atoms with Gasteiger partial charge in [-0.05, 0) is 24.3 Å². The monoisotopic (exact) mass is 597 g/mol. The second kappa shape index (κ2) is 10.7. The standard InChI is InChI=1S/C30H28ClNO10/c1-13-8-19(33)23(27(35)30(13)28(36)24-20(39-3)12-21(40-4)25(31)26(24)42-30)16(11-22(34)41-5)17-10-14-9-15(38-2)6-7-18(14)32-29(17)37/h6-7,9-10,12-13,16,35H,8,11H2,1-5H3,(H,32,37)/t13-,16?,30+/m1/s1. The Bertz CT molecular complexity index is 1740. The van der Waals surface area contributed by atoms with Crippen LogP contribution in [0.15, 0.2) is 46.5 Å². The highest BCUT2D eigenvalue weighted by atomic mass is 35.5. The Morgan fingerprint density at radius 2 is 1.81 bits per heavy atom. The lowest BCUT2D eigenvalue weighted by Gasteiger charge is -2.38. The first kappa shape index (κ1) is 29.0. The van der Waals surface area contributed by atoms with E-state index in [9.17, 15) is 24.3 Å². The third-order valence-electron chi connectivity index (χ3n) is 7.91. The van der Waals surface area contributed by atoms with Crippen LogP contribution in [0.1, 0.15) is 41.6 Å². The number of rotatable bonds is 7. The maximum Gasteiger partial charge on any atom is 0.306 e. The van der Waals surface area contributed by atoms with Gasteiger partial charge in [0.1, 0.15) is 27.8 Å². The second-order valence-electron chi connectivity index (χ2n) is 10.1. The number of H-pyrrole nitrogens is 1. The normalized spacial score (nSPS) is 20.4. The Hall–Kier alpha value is -4.51. The largest absolute Gasteiger partial charge is 0.507 e. The molecule has 0 radical (unpaired) electrons. The number of carbonyl (C=O) groups excluding carboxylic acids is 3.